The summed E-state index contributed by atoms with van der Waals surface area (Å²) in [6, 6.07) is 7.38. The number of rotatable bonds is 6. The molecular formula is C15H22N2O3. The maximum atomic E-state index is 11.8. The van der Waals surface area contributed by atoms with E-state index in [1.54, 1.807) is 16.8 Å². The molecule has 0 spiro atoms. The Kier molecular flexibility index (Phi) is 4.84. The Hall–Kier alpha value is -1.75. The Labute approximate surface area is 119 Å². The van der Waals surface area contributed by atoms with Crippen LogP contribution < -0.4 is 4.74 Å². The second-order valence-electron chi connectivity index (χ2n) is 5.08. The average molecular weight is 278 g/mol. The maximum absolute atomic E-state index is 11.8. The predicted octanol–water partition coefficient (Wildman–Crippen LogP) is 1.88. The van der Waals surface area contributed by atoms with Crippen LogP contribution >= 0.6 is 0 Å². The van der Waals surface area contributed by atoms with Crippen LogP contribution in [0.5, 0.6) is 5.75 Å². The third-order valence-electron chi connectivity index (χ3n) is 3.43. The van der Waals surface area contributed by atoms with Gasteiger partial charge in [0.25, 0.3) is 0 Å². The van der Waals surface area contributed by atoms with Gasteiger partial charge < -0.3 is 19.6 Å². The summed E-state index contributed by atoms with van der Waals surface area (Å²) in [7, 11) is 1.77. The van der Waals surface area contributed by atoms with Gasteiger partial charge in [-0.25, -0.2) is 4.79 Å². The van der Waals surface area contributed by atoms with Crippen LogP contribution in [0.2, 0.25) is 0 Å². The van der Waals surface area contributed by atoms with Crippen molar-refractivity contribution in [3.8, 4) is 5.75 Å². The van der Waals surface area contributed by atoms with Crippen LogP contribution in [0.25, 0.3) is 0 Å². The third kappa shape index (κ3) is 3.42. The van der Waals surface area contributed by atoms with Gasteiger partial charge in [0.05, 0.1) is 19.3 Å². The third-order valence-corrected chi connectivity index (χ3v) is 3.43. The van der Waals surface area contributed by atoms with Crippen molar-refractivity contribution >= 4 is 6.03 Å². The minimum absolute atomic E-state index is 0.0213. The molecule has 2 rings (SSSR count). The molecule has 1 heterocycles. The predicted molar refractivity (Wildman–Crippen MR) is 76.8 cm³/mol. The molecule has 2 amide bonds. The van der Waals surface area contributed by atoms with Crippen LogP contribution in [0.1, 0.15) is 25.0 Å². The minimum atomic E-state index is -0.661. The molecule has 5 nitrogen and oxygen atoms in total. The van der Waals surface area contributed by atoms with Crippen LogP contribution in [0.3, 0.4) is 0 Å². The second-order valence-corrected chi connectivity index (χ2v) is 5.08. The molecule has 110 valence electrons. The largest absolute Gasteiger partial charge is 0.494 e. The number of nitrogens with zero attached hydrogens (tertiary/aromatic N) is 2. The Morgan fingerprint density at radius 2 is 2.00 bits per heavy atom. The molecule has 0 aromatic heterocycles. The molecule has 1 saturated heterocycles. The lowest BCUT2D eigenvalue weighted by Gasteiger charge is -2.20. The van der Waals surface area contributed by atoms with Crippen molar-refractivity contribution in [3.63, 3.8) is 0 Å². The molecule has 0 saturated carbocycles. The molecule has 1 aromatic carbocycles. The van der Waals surface area contributed by atoms with Crippen molar-refractivity contribution < 1.29 is 14.6 Å². The number of urea groups is 1. The summed E-state index contributed by atoms with van der Waals surface area (Å²) in [4.78, 5) is 15.1. The summed E-state index contributed by atoms with van der Waals surface area (Å²) in [5.41, 5.74) is 0.802. The molecule has 0 radical (unpaired) electrons. The number of carbonyl (C=O) groups excluding carboxylic acids is 1. The lowest BCUT2D eigenvalue weighted by molar-refractivity contribution is 0.129. The van der Waals surface area contributed by atoms with Gasteiger partial charge in [0.15, 0.2) is 0 Å². The highest BCUT2D eigenvalue weighted by molar-refractivity contribution is 5.76. The van der Waals surface area contributed by atoms with Gasteiger partial charge in [0.1, 0.15) is 5.75 Å². The Morgan fingerprint density at radius 3 is 2.55 bits per heavy atom. The molecule has 1 fully saturated rings. The zero-order chi connectivity index (χ0) is 14.5. The molecule has 1 aliphatic heterocycles. The summed E-state index contributed by atoms with van der Waals surface area (Å²) < 4.78 is 5.50. The number of β-amino-alcohol motifs (C(OH)–C–C–N with tert-alkyl or cyclic N) is 1. The topological polar surface area (TPSA) is 53.0 Å². The zero-order valence-electron chi connectivity index (χ0n) is 12.1. The van der Waals surface area contributed by atoms with Gasteiger partial charge >= 0.3 is 6.03 Å². The lowest BCUT2D eigenvalue weighted by Crippen LogP contribution is -2.32. The Bertz CT molecular complexity index is 447. The van der Waals surface area contributed by atoms with Crippen molar-refractivity contribution in [1.29, 1.82) is 0 Å². The second kappa shape index (κ2) is 6.61. The highest BCUT2D eigenvalue weighted by atomic mass is 16.5. The van der Waals surface area contributed by atoms with Gasteiger partial charge in [-0.1, -0.05) is 19.1 Å². The van der Waals surface area contributed by atoms with E-state index in [0.717, 1.165) is 24.3 Å². The van der Waals surface area contributed by atoms with Gasteiger partial charge in [0, 0.05) is 20.1 Å². The number of aliphatic hydroxyl groups is 1. The van der Waals surface area contributed by atoms with Gasteiger partial charge in [-0.05, 0) is 24.1 Å². The number of benzene rings is 1. The Balaban J connectivity index is 1.92. The highest BCUT2D eigenvalue weighted by Crippen LogP contribution is 2.20. The summed E-state index contributed by atoms with van der Waals surface area (Å²) in [6.07, 6.45) is 0.306. The van der Waals surface area contributed by atoms with Gasteiger partial charge in [-0.3, -0.25) is 0 Å². The van der Waals surface area contributed by atoms with Crippen LogP contribution in [-0.2, 0) is 0 Å². The zero-order valence-corrected chi connectivity index (χ0v) is 12.1. The van der Waals surface area contributed by atoms with E-state index in [4.69, 9.17) is 4.74 Å². The SMILES string of the molecule is CCCOc1ccc(C(O)CN2CCN(C)C2=O)cc1. The Morgan fingerprint density at radius 1 is 1.30 bits per heavy atom. The molecule has 5 heteroatoms. The van der Waals surface area contributed by atoms with Crippen molar-refractivity contribution in [2.75, 3.05) is 33.3 Å². The summed E-state index contributed by atoms with van der Waals surface area (Å²) in [5, 5.41) is 10.2. The molecule has 1 aromatic rings. The minimum Gasteiger partial charge on any atom is -0.494 e. The summed E-state index contributed by atoms with van der Waals surface area (Å²) in [6.45, 7) is 4.47. The molecular weight excluding hydrogens is 256 g/mol. The van der Waals surface area contributed by atoms with E-state index < -0.39 is 6.10 Å². The van der Waals surface area contributed by atoms with Crippen LogP contribution in [0.4, 0.5) is 4.79 Å². The number of hydrogen-bond donors (Lipinski definition) is 1. The van der Waals surface area contributed by atoms with Crippen molar-refractivity contribution in [3.05, 3.63) is 29.8 Å². The molecule has 0 bridgehead atoms. The normalized spacial score (nSPS) is 16.6. The van der Waals surface area contributed by atoms with Gasteiger partial charge in [-0.2, -0.15) is 0 Å². The number of hydrogen-bond acceptors (Lipinski definition) is 3. The first-order valence-electron chi connectivity index (χ1n) is 7.02. The van der Waals surface area contributed by atoms with E-state index in [1.807, 2.05) is 24.3 Å². The smallest absolute Gasteiger partial charge is 0.319 e. The van der Waals surface area contributed by atoms with Crippen LogP contribution in [-0.4, -0.2) is 54.2 Å². The standard InChI is InChI=1S/C15H22N2O3/c1-3-10-20-13-6-4-12(5-7-13)14(18)11-17-9-8-16(2)15(17)19/h4-7,14,18H,3,8-11H2,1-2H3. The van der Waals surface area contributed by atoms with E-state index in [0.29, 0.717) is 19.7 Å². The lowest BCUT2D eigenvalue weighted by atomic mass is 10.1. The quantitative estimate of drug-likeness (QED) is 0.864. The number of carbonyl (C=O) groups is 1. The number of likely N-dealkylation sites (N-methyl/N-ethyl adjacent to an activating group) is 1. The molecule has 1 N–H and O–H groups in total. The number of ether oxygens (including phenoxy) is 1. The molecule has 0 aliphatic carbocycles. The first-order chi connectivity index (χ1) is 9.61. The van der Waals surface area contributed by atoms with E-state index in [1.165, 1.54) is 0 Å². The van der Waals surface area contributed by atoms with E-state index in [9.17, 15) is 9.90 Å². The fraction of sp³-hybridized carbons (Fsp3) is 0.533. The van der Waals surface area contributed by atoms with Crippen LogP contribution in [0.15, 0.2) is 24.3 Å². The fourth-order valence-electron chi connectivity index (χ4n) is 2.19. The number of amides is 2. The van der Waals surface area contributed by atoms with Crippen LogP contribution in [0, 0.1) is 0 Å². The highest BCUT2D eigenvalue weighted by Gasteiger charge is 2.27. The van der Waals surface area contributed by atoms with Crippen molar-refractivity contribution in [2.24, 2.45) is 0 Å². The van der Waals surface area contributed by atoms with E-state index in [2.05, 4.69) is 6.92 Å². The monoisotopic (exact) mass is 278 g/mol. The van der Waals surface area contributed by atoms with E-state index in [-0.39, 0.29) is 6.03 Å². The molecule has 20 heavy (non-hydrogen) atoms. The first-order valence-corrected chi connectivity index (χ1v) is 7.02. The molecule has 1 unspecified atom stereocenters. The molecule has 1 atom stereocenters. The number of aliphatic hydroxyl groups excluding tert-OH is 1. The maximum Gasteiger partial charge on any atom is 0.319 e. The molecule has 1 aliphatic rings. The van der Waals surface area contributed by atoms with E-state index >= 15 is 0 Å². The summed E-state index contributed by atoms with van der Waals surface area (Å²) >= 11 is 0. The average Bonchev–Trinajstić information content (AvgIpc) is 2.77. The summed E-state index contributed by atoms with van der Waals surface area (Å²) in [5.74, 6) is 0.805. The fourth-order valence-corrected chi connectivity index (χ4v) is 2.19. The van der Waals surface area contributed by atoms with Gasteiger partial charge in [-0.15, -0.1) is 0 Å². The van der Waals surface area contributed by atoms with Crippen molar-refractivity contribution in [1.82, 2.24) is 9.80 Å². The van der Waals surface area contributed by atoms with Crippen molar-refractivity contribution in [2.45, 2.75) is 19.4 Å². The first kappa shape index (κ1) is 14.7. The van der Waals surface area contributed by atoms with Gasteiger partial charge in [0.2, 0.25) is 0 Å².